The highest BCUT2D eigenvalue weighted by molar-refractivity contribution is 6.01. The summed E-state index contributed by atoms with van der Waals surface area (Å²) in [5.41, 5.74) is 6.46. The van der Waals surface area contributed by atoms with Gasteiger partial charge in [-0.25, -0.2) is 0 Å². The lowest BCUT2D eigenvalue weighted by Gasteiger charge is -2.08. The molecule has 2 amide bonds. The standard InChI is InChI=1S/C13H14N4O2/c14-7-11(18)16-8-12(19)17-10-5-1-3-9-4-2-6-15-13(9)10/h1-6H,7-8,14H2,(H,16,18)(H,17,19). The Morgan fingerprint density at radius 2 is 1.95 bits per heavy atom. The molecule has 6 heteroatoms. The summed E-state index contributed by atoms with van der Waals surface area (Å²) in [6.45, 7) is -0.248. The molecule has 4 N–H and O–H groups in total. The molecule has 1 aromatic carbocycles. The Morgan fingerprint density at radius 3 is 2.74 bits per heavy atom. The van der Waals surface area contributed by atoms with Crippen LogP contribution in [-0.2, 0) is 9.59 Å². The van der Waals surface area contributed by atoms with Crippen molar-refractivity contribution in [1.82, 2.24) is 10.3 Å². The lowest BCUT2D eigenvalue weighted by molar-refractivity contribution is -0.123. The highest BCUT2D eigenvalue weighted by Crippen LogP contribution is 2.20. The van der Waals surface area contributed by atoms with Crippen LogP contribution in [0.1, 0.15) is 0 Å². The molecule has 1 aromatic heterocycles. The number of anilines is 1. The lowest BCUT2D eigenvalue weighted by Crippen LogP contribution is -2.36. The molecule has 1 heterocycles. The molecule has 0 fully saturated rings. The second-order valence-electron chi connectivity index (χ2n) is 3.91. The van der Waals surface area contributed by atoms with E-state index < -0.39 is 0 Å². The van der Waals surface area contributed by atoms with Gasteiger partial charge >= 0.3 is 0 Å². The molecular weight excluding hydrogens is 244 g/mol. The molecule has 0 aliphatic rings. The minimum atomic E-state index is -0.369. The van der Waals surface area contributed by atoms with Gasteiger partial charge in [-0.1, -0.05) is 18.2 Å². The third-order valence-electron chi connectivity index (χ3n) is 2.54. The summed E-state index contributed by atoms with van der Waals surface area (Å²) in [6.07, 6.45) is 1.66. The minimum absolute atomic E-state index is 0.112. The molecule has 0 atom stereocenters. The van der Waals surface area contributed by atoms with Crippen molar-refractivity contribution in [2.75, 3.05) is 18.4 Å². The molecule has 2 rings (SSSR count). The average molecular weight is 258 g/mol. The van der Waals surface area contributed by atoms with Crippen LogP contribution in [0.2, 0.25) is 0 Å². The van der Waals surface area contributed by atoms with Gasteiger partial charge in [-0.3, -0.25) is 14.6 Å². The summed E-state index contributed by atoms with van der Waals surface area (Å²) in [5, 5.41) is 6.05. The Kier molecular flexibility index (Phi) is 4.04. The number of para-hydroxylation sites is 1. The van der Waals surface area contributed by atoms with Gasteiger partial charge < -0.3 is 16.4 Å². The number of hydrogen-bond donors (Lipinski definition) is 3. The van der Waals surface area contributed by atoms with E-state index in [1.54, 1.807) is 12.3 Å². The third kappa shape index (κ3) is 3.26. The van der Waals surface area contributed by atoms with Crippen molar-refractivity contribution in [3.8, 4) is 0 Å². The molecule has 0 radical (unpaired) electrons. The van der Waals surface area contributed by atoms with Crippen molar-refractivity contribution in [1.29, 1.82) is 0 Å². The van der Waals surface area contributed by atoms with Gasteiger partial charge in [-0.05, 0) is 12.1 Å². The maximum Gasteiger partial charge on any atom is 0.243 e. The van der Waals surface area contributed by atoms with Crippen LogP contribution in [0.3, 0.4) is 0 Å². The average Bonchev–Trinajstić information content (AvgIpc) is 2.45. The van der Waals surface area contributed by atoms with Crippen LogP contribution in [-0.4, -0.2) is 29.9 Å². The van der Waals surface area contributed by atoms with E-state index in [4.69, 9.17) is 5.73 Å². The van der Waals surface area contributed by atoms with E-state index in [0.29, 0.717) is 11.2 Å². The summed E-state index contributed by atoms with van der Waals surface area (Å²) >= 11 is 0. The monoisotopic (exact) mass is 258 g/mol. The Morgan fingerprint density at radius 1 is 1.16 bits per heavy atom. The van der Waals surface area contributed by atoms with Crippen molar-refractivity contribution in [2.24, 2.45) is 5.73 Å². The number of rotatable bonds is 4. The Balaban J connectivity index is 2.09. The highest BCUT2D eigenvalue weighted by atomic mass is 16.2. The largest absolute Gasteiger partial charge is 0.346 e. The van der Waals surface area contributed by atoms with Gasteiger partial charge in [0, 0.05) is 11.6 Å². The summed E-state index contributed by atoms with van der Waals surface area (Å²) in [5.74, 6) is -0.689. The van der Waals surface area contributed by atoms with E-state index >= 15 is 0 Å². The molecular formula is C13H14N4O2. The van der Waals surface area contributed by atoms with Gasteiger partial charge in [0.25, 0.3) is 0 Å². The molecule has 6 nitrogen and oxygen atoms in total. The third-order valence-corrected chi connectivity index (χ3v) is 2.54. The minimum Gasteiger partial charge on any atom is -0.346 e. The van der Waals surface area contributed by atoms with E-state index in [1.165, 1.54) is 0 Å². The molecule has 0 saturated heterocycles. The van der Waals surface area contributed by atoms with E-state index in [1.807, 2.05) is 24.3 Å². The molecule has 19 heavy (non-hydrogen) atoms. The molecule has 0 aliphatic carbocycles. The van der Waals surface area contributed by atoms with E-state index in [2.05, 4.69) is 15.6 Å². The number of nitrogens with one attached hydrogen (secondary N) is 2. The van der Waals surface area contributed by atoms with E-state index in [-0.39, 0.29) is 24.9 Å². The Bertz CT molecular complexity index is 607. The molecule has 98 valence electrons. The number of aromatic nitrogens is 1. The van der Waals surface area contributed by atoms with Crippen molar-refractivity contribution in [2.45, 2.75) is 0 Å². The first-order chi connectivity index (χ1) is 9.20. The van der Waals surface area contributed by atoms with Gasteiger partial charge in [-0.2, -0.15) is 0 Å². The fourth-order valence-corrected chi connectivity index (χ4v) is 1.65. The summed E-state index contributed by atoms with van der Waals surface area (Å²) < 4.78 is 0. The topological polar surface area (TPSA) is 97.1 Å². The number of carbonyl (C=O) groups is 2. The number of fused-ring (bicyclic) bond motifs is 1. The number of nitrogens with zero attached hydrogens (tertiary/aromatic N) is 1. The van der Waals surface area contributed by atoms with Gasteiger partial charge in [0.05, 0.1) is 24.3 Å². The normalized spacial score (nSPS) is 10.2. The fourth-order valence-electron chi connectivity index (χ4n) is 1.65. The molecule has 2 aromatic rings. The first kappa shape index (κ1) is 13.0. The summed E-state index contributed by atoms with van der Waals surface area (Å²) in [4.78, 5) is 26.9. The Hall–Kier alpha value is -2.47. The summed E-state index contributed by atoms with van der Waals surface area (Å²) in [6, 6.07) is 9.24. The van der Waals surface area contributed by atoms with Crippen molar-refractivity contribution in [3.05, 3.63) is 36.5 Å². The predicted molar refractivity (Wildman–Crippen MR) is 72.4 cm³/mol. The highest BCUT2D eigenvalue weighted by Gasteiger charge is 2.07. The zero-order chi connectivity index (χ0) is 13.7. The van der Waals surface area contributed by atoms with Crippen LogP contribution < -0.4 is 16.4 Å². The molecule has 0 saturated carbocycles. The molecule has 0 bridgehead atoms. The fraction of sp³-hybridized carbons (Fsp3) is 0.154. The van der Waals surface area contributed by atoms with E-state index in [9.17, 15) is 9.59 Å². The lowest BCUT2D eigenvalue weighted by atomic mass is 10.2. The second-order valence-corrected chi connectivity index (χ2v) is 3.91. The first-order valence-electron chi connectivity index (χ1n) is 5.81. The maximum atomic E-state index is 11.7. The SMILES string of the molecule is NCC(=O)NCC(=O)Nc1cccc2cccnc12. The van der Waals surface area contributed by atoms with Gasteiger partial charge in [0.2, 0.25) is 11.8 Å². The van der Waals surface area contributed by atoms with Crippen LogP contribution in [0.15, 0.2) is 36.5 Å². The van der Waals surface area contributed by atoms with Gasteiger partial charge in [0.15, 0.2) is 0 Å². The molecule has 0 aliphatic heterocycles. The molecule has 0 unspecified atom stereocenters. The van der Waals surface area contributed by atoms with Crippen LogP contribution in [0.25, 0.3) is 10.9 Å². The number of nitrogens with two attached hydrogens (primary N) is 1. The van der Waals surface area contributed by atoms with Crippen LogP contribution in [0.4, 0.5) is 5.69 Å². The van der Waals surface area contributed by atoms with Crippen molar-refractivity contribution < 1.29 is 9.59 Å². The number of hydrogen-bond acceptors (Lipinski definition) is 4. The summed E-state index contributed by atoms with van der Waals surface area (Å²) in [7, 11) is 0. The van der Waals surface area contributed by atoms with Crippen LogP contribution >= 0.6 is 0 Å². The van der Waals surface area contributed by atoms with E-state index in [0.717, 1.165) is 5.39 Å². The zero-order valence-electron chi connectivity index (χ0n) is 10.2. The smallest absolute Gasteiger partial charge is 0.243 e. The van der Waals surface area contributed by atoms with Crippen molar-refractivity contribution >= 4 is 28.4 Å². The zero-order valence-corrected chi connectivity index (χ0v) is 10.2. The number of amides is 2. The number of benzene rings is 1. The van der Waals surface area contributed by atoms with Gasteiger partial charge in [-0.15, -0.1) is 0 Å². The van der Waals surface area contributed by atoms with Crippen LogP contribution in [0, 0.1) is 0 Å². The second kappa shape index (κ2) is 5.92. The Labute approximate surface area is 110 Å². The quantitative estimate of drug-likeness (QED) is 0.732. The van der Waals surface area contributed by atoms with Gasteiger partial charge in [0.1, 0.15) is 0 Å². The van der Waals surface area contributed by atoms with Crippen LogP contribution in [0.5, 0.6) is 0 Å². The number of carbonyl (C=O) groups excluding carboxylic acids is 2. The number of pyridine rings is 1. The van der Waals surface area contributed by atoms with Crippen molar-refractivity contribution in [3.63, 3.8) is 0 Å². The first-order valence-corrected chi connectivity index (χ1v) is 5.81. The molecule has 0 spiro atoms. The maximum absolute atomic E-state index is 11.7. The predicted octanol–water partition coefficient (Wildman–Crippen LogP) is 0.248.